The molecule has 0 spiro atoms. The molecule has 3 aromatic rings. The maximum Gasteiger partial charge on any atom is 0.411 e. The first kappa shape index (κ1) is 21.2. The number of halogens is 2. The second-order valence-corrected chi connectivity index (χ2v) is 9.27. The van der Waals surface area contributed by atoms with Crippen molar-refractivity contribution in [3.63, 3.8) is 0 Å². The Morgan fingerprint density at radius 1 is 0.875 bits per heavy atom. The molecule has 0 fully saturated rings. The zero-order valence-corrected chi connectivity index (χ0v) is 19.3. The number of ether oxygens (including phenoxy) is 1. The number of anilines is 2. The molecule has 0 saturated carbocycles. The van der Waals surface area contributed by atoms with Crippen LogP contribution in [0.3, 0.4) is 0 Å². The van der Waals surface area contributed by atoms with Gasteiger partial charge in [-0.25, -0.2) is 4.79 Å². The van der Waals surface area contributed by atoms with Crippen molar-refractivity contribution >= 4 is 40.7 Å². The summed E-state index contributed by atoms with van der Waals surface area (Å²) >= 11 is 12.3. The molecule has 2 aliphatic rings. The highest BCUT2D eigenvalue weighted by Crippen LogP contribution is 2.49. The van der Waals surface area contributed by atoms with E-state index in [4.69, 9.17) is 27.9 Å². The van der Waals surface area contributed by atoms with Crippen molar-refractivity contribution in [3.05, 3.63) is 93.0 Å². The van der Waals surface area contributed by atoms with Crippen molar-refractivity contribution in [2.75, 3.05) is 30.4 Å². The van der Waals surface area contributed by atoms with Crippen LogP contribution in [0.25, 0.3) is 0 Å². The number of carbonyl (C=O) groups is 1. The van der Waals surface area contributed by atoms with Crippen LogP contribution in [-0.4, -0.2) is 26.3 Å². The molecule has 0 aromatic heterocycles. The Labute approximate surface area is 198 Å². The highest BCUT2D eigenvalue weighted by Gasteiger charge is 2.35. The molecule has 0 unspecified atom stereocenters. The minimum Gasteiger partial charge on any atom is -0.453 e. The molecule has 164 valence electrons. The van der Waals surface area contributed by atoms with Gasteiger partial charge in [-0.1, -0.05) is 47.5 Å². The lowest BCUT2D eigenvalue weighted by Gasteiger charge is -2.43. The van der Waals surface area contributed by atoms with Crippen molar-refractivity contribution in [1.82, 2.24) is 0 Å². The fourth-order valence-electron chi connectivity index (χ4n) is 5.12. The molecule has 3 aromatic carbocycles. The van der Waals surface area contributed by atoms with Gasteiger partial charge in [-0.05, 0) is 71.5 Å². The topological polar surface area (TPSA) is 41.6 Å². The third kappa shape index (κ3) is 3.94. The van der Waals surface area contributed by atoms with Crippen LogP contribution in [0.2, 0.25) is 10.0 Å². The van der Waals surface area contributed by atoms with Crippen molar-refractivity contribution in [2.45, 2.75) is 24.7 Å². The maximum atomic E-state index is 12.0. The number of amides is 1. The van der Waals surface area contributed by atoms with Crippen LogP contribution in [0.1, 0.15) is 46.9 Å². The van der Waals surface area contributed by atoms with Crippen LogP contribution in [0.5, 0.6) is 0 Å². The number of benzene rings is 3. The molecule has 6 heteroatoms. The summed E-state index contributed by atoms with van der Waals surface area (Å²) in [6.07, 6.45) is 1.56. The molecular weight excluding hydrogens is 443 g/mol. The summed E-state index contributed by atoms with van der Waals surface area (Å²) in [5.74, 6) is 0.473. The Morgan fingerprint density at radius 3 is 1.78 bits per heavy atom. The minimum absolute atomic E-state index is 0.237. The average molecular weight is 467 g/mol. The molecule has 4 nitrogen and oxygen atoms in total. The van der Waals surface area contributed by atoms with E-state index in [2.05, 4.69) is 46.6 Å². The highest BCUT2D eigenvalue weighted by atomic mass is 35.5. The lowest BCUT2D eigenvalue weighted by Crippen LogP contribution is -2.37. The summed E-state index contributed by atoms with van der Waals surface area (Å²) < 4.78 is 4.87. The fraction of sp³-hybridized carbons (Fsp3) is 0.269. The van der Waals surface area contributed by atoms with Crippen LogP contribution in [0.15, 0.2) is 60.7 Å². The number of hydrogen-bond acceptors (Lipinski definition) is 3. The average Bonchev–Trinajstić information content (AvgIpc) is 2.81. The molecule has 2 heterocycles. The number of carbonyl (C=O) groups excluding carboxylic acids is 1. The van der Waals surface area contributed by atoms with E-state index in [0.717, 1.165) is 41.7 Å². The van der Waals surface area contributed by atoms with E-state index in [1.807, 2.05) is 24.3 Å². The quantitative estimate of drug-likeness (QED) is 0.449. The minimum atomic E-state index is -0.466. The van der Waals surface area contributed by atoms with E-state index in [1.54, 1.807) is 0 Å². The molecule has 1 N–H and O–H groups in total. The van der Waals surface area contributed by atoms with Crippen molar-refractivity contribution in [1.29, 1.82) is 0 Å². The lowest BCUT2D eigenvalue weighted by molar-refractivity contribution is 0.187. The van der Waals surface area contributed by atoms with Gasteiger partial charge in [0.15, 0.2) is 0 Å². The van der Waals surface area contributed by atoms with Crippen LogP contribution in [0.4, 0.5) is 16.2 Å². The summed E-state index contributed by atoms with van der Waals surface area (Å²) in [4.78, 5) is 14.5. The van der Waals surface area contributed by atoms with Gasteiger partial charge in [-0.15, -0.1) is 0 Å². The third-order valence-corrected chi connectivity index (χ3v) is 7.09. The van der Waals surface area contributed by atoms with Gasteiger partial charge in [0, 0.05) is 46.3 Å². The Morgan fingerprint density at radius 2 is 1.34 bits per heavy atom. The van der Waals surface area contributed by atoms with Gasteiger partial charge in [-0.2, -0.15) is 0 Å². The monoisotopic (exact) mass is 466 g/mol. The van der Waals surface area contributed by atoms with Crippen LogP contribution < -0.4 is 10.2 Å². The Balaban J connectivity index is 1.66. The first-order valence-corrected chi connectivity index (χ1v) is 11.6. The Kier molecular flexibility index (Phi) is 5.75. The lowest BCUT2D eigenvalue weighted by atomic mass is 9.76. The first-order valence-electron chi connectivity index (χ1n) is 10.8. The summed E-state index contributed by atoms with van der Waals surface area (Å²) in [7, 11) is 1.38. The Hall–Kier alpha value is -2.69. The smallest absolute Gasteiger partial charge is 0.411 e. The zero-order valence-electron chi connectivity index (χ0n) is 17.8. The van der Waals surface area contributed by atoms with Crippen LogP contribution in [-0.2, 0) is 4.74 Å². The first-order chi connectivity index (χ1) is 15.5. The largest absolute Gasteiger partial charge is 0.453 e. The van der Waals surface area contributed by atoms with Gasteiger partial charge in [-0.3, -0.25) is 5.32 Å². The predicted molar refractivity (Wildman–Crippen MR) is 131 cm³/mol. The van der Waals surface area contributed by atoms with E-state index in [-0.39, 0.29) is 11.8 Å². The van der Waals surface area contributed by atoms with Gasteiger partial charge in [0.2, 0.25) is 0 Å². The molecule has 2 aliphatic heterocycles. The van der Waals surface area contributed by atoms with Gasteiger partial charge >= 0.3 is 6.09 Å². The van der Waals surface area contributed by atoms with E-state index in [9.17, 15) is 4.79 Å². The highest BCUT2D eigenvalue weighted by molar-refractivity contribution is 6.30. The predicted octanol–water partition coefficient (Wildman–Crippen LogP) is 7.05. The molecule has 0 radical (unpaired) electrons. The van der Waals surface area contributed by atoms with Crippen molar-refractivity contribution < 1.29 is 9.53 Å². The van der Waals surface area contributed by atoms with E-state index in [0.29, 0.717) is 0 Å². The summed E-state index contributed by atoms with van der Waals surface area (Å²) in [5, 5.41) is 4.36. The second kappa shape index (κ2) is 8.68. The molecule has 0 aliphatic carbocycles. The Bertz CT molecular complexity index is 1070. The normalized spacial score (nSPS) is 19.3. The molecule has 5 rings (SSSR count). The number of methoxy groups -OCH3 is 1. The standard InChI is InChI=1S/C26H24Cl2N2O2/c1-32-26(31)29-20-14-23-21(16-2-6-18(27)7-3-16)10-12-30-13-11-22(24(15-20)25(23)30)17-4-8-19(28)9-5-17/h2-9,14-15,21-22H,10-13H2,1H3,(H,29,31)/t21-,22-/m0/s1. The van der Waals surface area contributed by atoms with Crippen LogP contribution in [0, 0.1) is 0 Å². The van der Waals surface area contributed by atoms with Gasteiger partial charge < -0.3 is 9.64 Å². The molecule has 0 saturated heterocycles. The molecule has 32 heavy (non-hydrogen) atoms. The van der Waals surface area contributed by atoms with Crippen molar-refractivity contribution in [2.24, 2.45) is 0 Å². The third-order valence-electron chi connectivity index (χ3n) is 6.59. The van der Waals surface area contributed by atoms with Gasteiger partial charge in [0.25, 0.3) is 0 Å². The molecule has 1 amide bonds. The van der Waals surface area contributed by atoms with E-state index < -0.39 is 6.09 Å². The van der Waals surface area contributed by atoms with E-state index in [1.165, 1.54) is 35.1 Å². The van der Waals surface area contributed by atoms with Gasteiger partial charge in [0.05, 0.1) is 7.11 Å². The number of nitrogens with one attached hydrogen (secondary N) is 1. The van der Waals surface area contributed by atoms with Gasteiger partial charge in [0.1, 0.15) is 0 Å². The molecule has 0 bridgehead atoms. The number of rotatable bonds is 3. The maximum absolute atomic E-state index is 12.0. The molecule has 2 atom stereocenters. The summed E-state index contributed by atoms with van der Waals surface area (Å²) in [6.45, 7) is 2.01. The second-order valence-electron chi connectivity index (χ2n) is 8.39. The fourth-order valence-corrected chi connectivity index (χ4v) is 5.37. The summed E-state index contributed by atoms with van der Waals surface area (Å²) in [5.41, 5.74) is 6.99. The van der Waals surface area contributed by atoms with Crippen LogP contribution >= 0.6 is 23.2 Å². The SMILES string of the molecule is COC(=O)Nc1cc2c3c(c1)[C@H](c1ccc(Cl)cc1)CCN3CC[C@H]2c1ccc(Cl)cc1. The van der Waals surface area contributed by atoms with Crippen molar-refractivity contribution in [3.8, 4) is 0 Å². The number of nitrogens with zero attached hydrogens (tertiary/aromatic N) is 1. The zero-order chi connectivity index (χ0) is 22.2. The molecular formula is C26H24Cl2N2O2. The number of hydrogen-bond donors (Lipinski definition) is 1. The van der Waals surface area contributed by atoms with E-state index >= 15 is 0 Å². The summed E-state index contributed by atoms with van der Waals surface area (Å²) in [6, 6.07) is 20.4.